The summed E-state index contributed by atoms with van der Waals surface area (Å²) in [5.74, 6) is -0.210. The van der Waals surface area contributed by atoms with Crippen LogP contribution < -0.4 is 5.32 Å². The van der Waals surface area contributed by atoms with Crippen LogP contribution in [0, 0.1) is 0 Å². The molecule has 74 valence electrons. The van der Waals surface area contributed by atoms with Gasteiger partial charge in [0.2, 0.25) is 11.8 Å². The van der Waals surface area contributed by atoms with E-state index in [0.717, 1.165) is 0 Å². The van der Waals surface area contributed by atoms with Gasteiger partial charge in [-0.15, -0.1) is 0 Å². The smallest absolute Gasteiger partial charge is 0.245 e. The maximum atomic E-state index is 11.4. The van der Waals surface area contributed by atoms with E-state index in [0.29, 0.717) is 13.0 Å². The van der Waals surface area contributed by atoms with Crippen LogP contribution in [0.2, 0.25) is 0 Å². The number of aliphatic hydroxyl groups is 1. The van der Waals surface area contributed by atoms with Gasteiger partial charge in [-0.05, 0) is 13.3 Å². The van der Waals surface area contributed by atoms with Crippen molar-refractivity contribution in [2.75, 3.05) is 19.7 Å². The van der Waals surface area contributed by atoms with Crippen molar-refractivity contribution < 1.29 is 14.7 Å². The molecule has 0 radical (unpaired) electrons. The highest BCUT2D eigenvalue weighted by Gasteiger charge is 2.28. The van der Waals surface area contributed by atoms with Gasteiger partial charge in [-0.1, -0.05) is 0 Å². The van der Waals surface area contributed by atoms with Crippen molar-refractivity contribution in [3.05, 3.63) is 0 Å². The first-order valence-electron chi connectivity index (χ1n) is 4.34. The lowest BCUT2D eigenvalue weighted by Gasteiger charge is -2.30. The van der Waals surface area contributed by atoms with Gasteiger partial charge in [-0.2, -0.15) is 0 Å². The maximum absolute atomic E-state index is 11.4. The van der Waals surface area contributed by atoms with E-state index >= 15 is 0 Å². The number of hydrogen-bond donors (Lipinski definition) is 2. The van der Waals surface area contributed by atoms with Crippen molar-refractivity contribution in [2.24, 2.45) is 0 Å². The van der Waals surface area contributed by atoms with Crippen LogP contribution in [0.15, 0.2) is 0 Å². The van der Waals surface area contributed by atoms with E-state index in [4.69, 9.17) is 5.11 Å². The van der Waals surface area contributed by atoms with Gasteiger partial charge in [0.25, 0.3) is 0 Å². The Morgan fingerprint density at radius 3 is 2.92 bits per heavy atom. The highest BCUT2D eigenvalue weighted by molar-refractivity contribution is 5.94. The zero-order valence-electron chi connectivity index (χ0n) is 7.62. The molecular formula is C8H14N2O3. The molecule has 1 saturated heterocycles. The second-order valence-electron chi connectivity index (χ2n) is 3.13. The summed E-state index contributed by atoms with van der Waals surface area (Å²) in [6.45, 7) is 2.27. The summed E-state index contributed by atoms with van der Waals surface area (Å²) in [7, 11) is 0. The Labute approximate surface area is 76.7 Å². The number of hydrogen-bond acceptors (Lipinski definition) is 3. The molecule has 0 aliphatic carbocycles. The van der Waals surface area contributed by atoms with Crippen molar-refractivity contribution in [3.8, 4) is 0 Å². The summed E-state index contributed by atoms with van der Waals surface area (Å²) in [6.07, 6.45) is 0.520. The Morgan fingerprint density at radius 1 is 1.62 bits per heavy atom. The van der Waals surface area contributed by atoms with Crippen molar-refractivity contribution >= 4 is 11.8 Å². The molecule has 1 unspecified atom stereocenters. The monoisotopic (exact) mass is 186 g/mol. The van der Waals surface area contributed by atoms with Crippen LogP contribution in [0.4, 0.5) is 0 Å². The summed E-state index contributed by atoms with van der Waals surface area (Å²) in [6, 6.07) is -0.431. The number of nitrogens with zero attached hydrogens (tertiary/aromatic N) is 1. The second-order valence-corrected chi connectivity index (χ2v) is 3.13. The summed E-state index contributed by atoms with van der Waals surface area (Å²) < 4.78 is 0. The number of piperazine rings is 1. The van der Waals surface area contributed by atoms with E-state index in [1.54, 1.807) is 6.92 Å². The fourth-order valence-electron chi connectivity index (χ4n) is 1.32. The van der Waals surface area contributed by atoms with E-state index in [1.165, 1.54) is 4.90 Å². The molecule has 1 heterocycles. The SMILES string of the molecule is CC1NC(=O)CN(CCCO)C1=O. The van der Waals surface area contributed by atoms with E-state index < -0.39 is 6.04 Å². The second kappa shape index (κ2) is 4.23. The van der Waals surface area contributed by atoms with Crippen molar-refractivity contribution in [2.45, 2.75) is 19.4 Å². The van der Waals surface area contributed by atoms with Crippen molar-refractivity contribution in [1.29, 1.82) is 0 Å². The van der Waals surface area contributed by atoms with Crippen molar-refractivity contribution in [1.82, 2.24) is 10.2 Å². The molecule has 0 aromatic rings. The van der Waals surface area contributed by atoms with E-state index in [2.05, 4.69) is 5.32 Å². The summed E-state index contributed by atoms with van der Waals surface area (Å²) >= 11 is 0. The minimum absolute atomic E-state index is 0.0414. The minimum Gasteiger partial charge on any atom is -0.396 e. The molecule has 1 atom stereocenters. The fraction of sp³-hybridized carbons (Fsp3) is 0.750. The van der Waals surface area contributed by atoms with Crippen LogP contribution in [-0.4, -0.2) is 47.6 Å². The normalized spacial score (nSPS) is 23.2. The third-order valence-electron chi connectivity index (χ3n) is 1.98. The van der Waals surface area contributed by atoms with Gasteiger partial charge in [0.05, 0.1) is 6.54 Å². The molecule has 0 saturated carbocycles. The lowest BCUT2D eigenvalue weighted by molar-refractivity contribution is -0.143. The topological polar surface area (TPSA) is 69.6 Å². The standard InChI is InChI=1S/C8H14N2O3/c1-6-8(13)10(3-2-4-11)5-7(12)9-6/h6,11H,2-5H2,1H3,(H,9,12). The molecule has 0 aromatic heterocycles. The van der Waals surface area contributed by atoms with Gasteiger partial charge in [0.15, 0.2) is 0 Å². The summed E-state index contributed by atoms with van der Waals surface area (Å²) in [4.78, 5) is 23.9. The maximum Gasteiger partial charge on any atom is 0.245 e. The van der Waals surface area contributed by atoms with Gasteiger partial charge in [0, 0.05) is 13.2 Å². The number of rotatable bonds is 3. The van der Waals surface area contributed by atoms with Crippen LogP contribution in [0.3, 0.4) is 0 Å². The number of nitrogens with one attached hydrogen (secondary N) is 1. The zero-order valence-corrected chi connectivity index (χ0v) is 7.62. The average molecular weight is 186 g/mol. The van der Waals surface area contributed by atoms with E-state index in [9.17, 15) is 9.59 Å². The molecule has 5 nitrogen and oxygen atoms in total. The summed E-state index contributed by atoms with van der Waals surface area (Å²) in [5, 5.41) is 11.1. The number of amides is 2. The van der Waals surface area contributed by atoms with Crippen LogP contribution in [0.25, 0.3) is 0 Å². The molecule has 0 aromatic carbocycles. The Balaban J connectivity index is 2.51. The predicted molar refractivity (Wildman–Crippen MR) is 45.9 cm³/mol. The Morgan fingerprint density at radius 2 is 2.31 bits per heavy atom. The molecule has 1 rings (SSSR count). The van der Waals surface area contributed by atoms with Gasteiger partial charge >= 0.3 is 0 Å². The largest absolute Gasteiger partial charge is 0.396 e. The van der Waals surface area contributed by atoms with Gasteiger partial charge < -0.3 is 15.3 Å². The lowest BCUT2D eigenvalue weighted by atomic mass is 10.2. The molecule has 1 fully saturated rings. The Bertz CT molecular complexity index is 217. The minimum atomic E-state index is -0.431. The van der Waals surface area contributed by atoms with E-state index in [-0.39, 0.29) is 25.0 Å². The molecule has 0 bridgehead atoms. The van der Waals surface area contributed by atoms with Crippen LogP contribution >= 0.6 is 0 Å². The van der Waals surface area contributed by atoms with Crippen molar-refractivity contribution in [3.63, 3.8) is 0 Å². The Kier molecular flexibility index (Phi) is 3.25. The van der Waals surface area contributed by atoms with E-state index in [1.807, 2.05) is 0 Å². The molecule has 0 spiro atoms. The highest BCUT2D eigenvalue weighted by atomic mass is 16.3. The average Bonchev–Trinajstić information content (AvgIpc) is 2.09. The molecular weight excluding hydrogens is 172 g/mol. The third kappa shape index (κ3) is 2.42. The molecule has 1 aliphatic heterocycles. The Hall–Kier alpha value is -1.10. The van der Waals surface area contributed by atoms with Gasteiger partial charge in [0.1, 0.15) is 6.04 Å². The first kappa shape index (κ1) is 9.98. The number of aliphatic hydroxyl groups excluding tert-OH is 1. The van der Waals surface area contributed by atoms with Crippen LogP contribution in [0.1, 0.15) is 13.3 Å². The molecule has 1 aliphatic rings. The van der Waals surface area contributed by atoms with Gasteiger partial charge in [-0.3, -0.25) is 9.59 Å². The van der Waals surface area contributed by atoms with Gasteiger partial charge in [-0.25, -0.2) is 0 Å². The third-order valence-corrected chi connectivity index (χ3v) is 1.98. The first-order chi connectivity index (χ1) is 6.15. The highest BCUT2D eigenvalue weighted by Crippen LogP contribution is 2.02. The zero-order chi connectivity index (χ0) is 9.84. The molecule has 13 heavy (non-hydrogen) atoms. The first-order valence-corrected chi connectivity index (χ1v) is 4.34. The quantitative estimate of drug-likeness (QED) is 0.576. The predicted octanol–water partition coefficient (Wildman–Crippen LogP) is -1.28. The van der Waals surface area contributed by atoms with Crippen LogP contribution in [0.5, 0.6) is 0 Å². The number of carbonyl (C=O) groups is 2. The molecule has 2 amide bonds. The van der Waals surface area contributed by atoms with Crippen LogP contribution in [-0.2, 0) is 9.59 Å². The molecule has 5 heteroatoms. The number of carbonyl (C=O) groups excluding carboxylic acids is 2. The fourth-order valence-corrected chi connectivity index (χ4v) is 1.32. The lowest BCUT2D eigenvalue weighted by Crippen LogP contribution is -2.56. The molecule has 2 N–H and O–H groups in total. The summed E-state index contributed by atoms with van der Waals surface area (Å²) in [5.41, 5.74) is 0.